The van der Waals surface area contributed by atoms with E-state index in [2.05, 4.69) is 10.0 Å². The van der Waals surface area contributed by atoms with Crippen molar-refractivity contribution in [2.75, 3.05) is 19.4 Å². The number of aryl methyl sites for hydroxylation is 1. The van der Waals surface area contributed by atoms with E-state index >= 15 is 0 Å². The SMILES string of the molecule is CNSc1cc(-c2nn(-c3ccccc3)c(NC)c2C)cn(C)c1=O. The van der Waals surface area contributed by atoms with Crippen molar-refractivity contribution in [2.24, 2.45) is 7.05 Å². The van der Waals surface area contributed by atoms with Crippen LogP contribution in [0.1, 0.15) is 5.56 Å². The molecule has 7 heteroatoms. The lowest BCUT2D eigenvalue weighted by Gasteiger charge is -2.07. The zero-order chi connectivity index (χ0) is 18.0. The highest BCUT2D eigenvalue weighted by Crippen LogP contribution is 2.30. The molecule has 130 valence electrons. The highest BCUT2D eigenvalue weighted by atomic mass is 32.2. The van der Waals surface area contributed by atoms with Crippen molar-refractivity contribution in [2.45, 2.75) is 11.8 Å². The van der Waals surface area contributed by atoms with Gasteiger partial charge >= 0.3 is 0 Å². The summed E-state index contributed by atoms with van der Waals surface area (Å²) in [4.78, 5) is 12.9. The maximum absolute atomic E-state index is 12.2. The van der Waals surface area contributed by atoms with Gasteiger partial charge in [-0.3, -0.25) is 9.52 Å². The molecule has 0 saturated carbocycles. The first kappa shape index (κ1) is 17.3. The Morgan fingerprint density at radius 1 is 1.16 bits per heavy atom. The van der Waals surface area contributed by atoms with E-state index in [0.717, 1.165) is 28.3 Å². The Kier molecular flexibility index (Phi) is 4.96. The largest absolute Gasteiger partial charge is 0.373 e. The standard InChI is InChI=1S/C18H21N5OS/c1-12-16(13-10-15(25-20-3)18(24)22(4)11-13)21-23(17(12)19-2)14-8-6-5-7-9-14/h5-11,19-20H,1-4H3. The van der Waals surface area contributed by atoms with Gasteiger partial charge in [0.2, 0.25) is 0 Å². The molecule has 0 aliphatic heterocycles. The molecule has 2 N–H and O–H groups in total. The number of hydrogen-bond donors (Lipinski definition) is 2. The Hall–Kier alpha value is -2.51. The molecule has 3 aromatic rings. The van der Waals surface area contributed by atoms with Crippen molar-refractivity contribution < 1.29 is 0 Å². The van der Waals surface area contributed by atoms with E-state index in [4.69, 9.17) is 5.10 Å². The summed E-state index contributed by atoms with van der Waals surface area (Å²) in [6.45, 7) is 2.03. The highest BCUT2D eigenvalue weighted by molar-refractivity contribution is 7.97. The predicted octanol–water partition coefficient (Wildman–Crippen LogP) is 2.81. The Bertz CT molecular complexity index is 946. The number of aromatic nitrogens is 3. The van der Waals surface area contributed by atoms with Gasteiger partial charge in [-0.1, -0.05) is 18.2 Å². The molecule has 0 spiro atoms. The molecule has 0 atom stereocenters. The molecular formula is C18H21N5OS. The smallest absolute Gasteiger partial charge is 0.265 e. The molecule has 0 bridgehead atoms. The number of nitrogens with one attached hydrogen (secondary N) is 2. The molecule has 0 fully saturated rings. The van der Waals surface area contributed by atoms with Gasteiger partial charge in [0.05, 0.1) is 16.3 Å². The molecule has 3 rings (SSSR count). The fourth-order valence-corrected chi connectivity index (χ4v) is 3.45. The van der Waals surface area contributed by atoms with Crippen molar-refractivity contribution in [3.8, 4) is 16.9 Å². The lowest BCUT2D eigenvalue weighted by atomic mass is 10.1. The minimum Gasteiger partial charge on any atom is -0.373 e. The van der Waals surface area contributed by atoms with E-state index in [0.29, 0.717) is 4.90 Å². The van der Waals surface area contributed by atoms with Crippen molar-refractivity contribution in [3.05, 3.63) is 58.5 Å². The molecule has 2 aromatic heterocycles. The molecule has 0 saturated heterocycles. The summed E-state index contributed by atoms with van der Waals surface area (Å²) < 4.78 is 6.45. The van der Waals surface area contributed by atoms with Crippen LogP contribution in [-0.4, -0.2) is 28.4 Å². The first-order valence-electron chi connectivity index (χ1n) is 7.94. The van der Waals surface area contributed by atoms with E-state index in [1.807, 2.05) is 61.2 Å². The van der Waals surface area contributed by atoms with Crippen molar-refractivity contribution in [3.63, 3.8) is 0 Å². The Morgan fingerprint density at radius 3 is 2.52 bits per heavy atom. The molecule has 0 aliphatic carbocycles. The van der Waals surface area contributed by atoms with Crippen LogP contribution in [0.4, 0.5) is 5.82 Å². The molecule has 6 nitrogen and oxygen atoms in total. The van der Waals surface area contributed by atoms with Gasteiger partial charge in [-0.15, -0.1) is 0 Å². The van der Waals surface area contributed by atoms with E-state index in [1.54, 1.807) is 18.7 Å². The Balaban J connectivity index is 2.19. The zero-order valence-corrected chi connectivity index (χ0v) is 15.5. The third-order valence-electron chi connectivity index (χ3n) is 4.00. The van der Waals surface area contributed by atoms with Gasteiger partial charge < -0.3 is 9.88 Å². The summed E-state index contributed by atoms with van der Waals surface area (Å²) in [6.07, 6.45) is 1.83. The van der Waals surface area contributed by atoms with Crippen LogP contribution in [0.2, 0.25) is 0 Å². The second-order valence-corrected chi connectivity index (χ2v) is 6.69. The van der Waals surface area contributed by atoms with Gasteiger partial charge in [0.25, 0.3) is 5.56 Å². The topological polar surface area (TPSA) is 63.9 Å². The van der Waals surface area contributed by atoms with Gasteiger partial charge in [0.1, 0.15) is 5.82 Å². The fourth-order valence-electron chi connectivity index (χ4n) is 2.81. The monoisotopic (exact) mass is 355 g/mol. The second-order valence-electron chi connectivity index (χ2n) is 5.63. The maximum atomic E-state index is 12.2. The quantitative estimate of drug-likeness (QED) is 0.689. The minimum atomic E-state index is -0.0305. The number of nitrogens with zero attached hydrogens (tertiary/aromatic N) is 3. The summed E-state index contributed by atoms with van der Waals surface area (Å²) in [5.41, 5.74) is 3.74. The first-order chi connectivity index (χ1) is 12.1. The van der Waals surface area contributed by atoms with Crippen LogP contribution in [0.15, 0.2) is 52.3 Å². The molecule has 1 aromatic carbocycles. The number of benzene rings is 1. The molecule has 0 unspecified atom stereocenters. The number of hydrogen-bond acceptors (Lipinski definition) is 5. The van der Waals surface area contributed by atoms with Crippen molar-refractivity contribution in [1.82, 2.24) is 19.1 Å². The molecular weight excluding hydrogens is 334 g/mol. The third-order valence-corrected chi connectivity index (χ3v) is 4.71. The van der Waals surface area contributed by atoms with Crippen LogP contribution in [0.5, 0.6) is 0 Å². The van der Waals surface area contributed by atoms with Crippen LogP contribution < -0.4 is 15.6 Å². The first-order valence-corrected chi connectivity index (χ1v) is 8.76. The summed E-state index contributed by atoms with van der Waals surface area (Å²) in [5, 5.41) is 8.03. The Labute approximate surface area is 151 Å². The maximum Gasteiger partial charge on any atom is 0.265 e. The lowest BCUT2D eigenvalue weighted by Crippen LogP contribution is -2.19. The van der Waals surface area contributed by atoms with Crippen molar-refractivity contribution in [1.29, 1.82) is 0 Å². The van der Waals surface area contributed by atoms with E-state index in [1.165, 1.54) is 11.9 Å². The van der Waals surface area contributed by atoms with E-state index < -0.39 is 0 Å². The minimum absolute atomic E-state index is 0.0305. The summed E-state index contributed by atoms with van der Waals surface area (Å²) >= 11 is 1.31. The normalized spacial score (nSPS) is 10.9. The molecule has 0 aliphatic rings. The summed E-state index contributed by atoms with van der Waals surface area (Å²) in [6, 6.07) is 11.9. The number of pyridine rings is 1. The van der Waals surface area contributed by atoms with Gasteiger partial charge in [-0.2, -0.15) is 5.10 Å². The third kappa shape index (κ3) is 3.20. The van der Waals surface area contributed by atoms with Crippen LogP contribution in [-0.2, 0) is 7.05 Å². The van der Waals surface area contributed by atoms with Gasteiger partial charge in [-0.05, 0) is 44.1 Å². The van der Waals surface area contributed by atoms with Crippen LogP contribution in [0.25, 0.3) is 16.9 Å². The van der Waals surface area contributed by atoms with Gasteiger partial charge in [-0.25, -0.2) is 4.68 Å². The zero-order valence-electron chi connectivity index (χ0n) is 14.7. The van der Waals surface area contributed by atoms with Gasteiger partial charge in [0.15, 0.2) is 0 Å². The van der Waals surface area contributed by atoms with Crippen molar-refractivity contribution >= 4 is 17.8 Å². The molecule has 0 amide bonds. The molecule has 25 heavy (non-hydrogen) atoms. The number of rotatable bonds is 5. The average molecular weight is 355 g/mol. The predicted molar refractivity (Wildman–Crippen MR) is 103 cm³/mol. The highest BCUT2D eigenvalue weighted by Gasteiger charge is 2.17. The number of anilines is 1. The summed E-state index contributed by atoms with van der Waals surface area (Å²) in [7, 11) is 5.44. The molecule has 2 heterocycles. The van der Waals surface area contributed by atoms with Crippen LogP contribution in [0.3, 0.4) is 0 Å². The van der Waals surface area contributed by atoms with E-state index in [-0.39, 0.29) is 5.56 Å². The summed E-state index contributed by atoms with van der Waals surface area (Å²) in [5.74, 6) is 0.929. The van der Waals surface area contributed by atoms with Crippen LogP contribution >= 0.6 is 11.9 Å². The number of para-hydroxylation sites is 1. The fraction of sp³-hybridized carbons (Fsp3) is 0.222. The van der Waals surface area contributed by atoms with E-state index in [9.17, 15) is 4.79 Å². The Morgan fingerprint density at radius 2 is 1.88 bits per heavy atom. The molecule has 0 radical (unpaired) electrons. The van der Waals surface area contributed by atoms with Crippen LogP contribution in [0, 0.1) is 6.92 Å². The lowest BCUT2D eigenvalue weighted by molar-refractivity contribution is 0.829. The average Bonchev–Trinajstić information content (AvgIpc) is 2.96. The second kappa shape index (κ2) is 7.16. The van der Waals surface area contributed by atoms with Gasteiger partial charge in [0, 0.05) is 31.4 Å².